The zero-order valence-corrected chi connectivity index (χ0v) is 31.7. The Morgan fingerprint density at radius 2 is 1.98 bits per heavy atom. The molecule has 3 heterocycles. The summed E-state index contributed by atoms with van der Waals surface area (Å²) in [4.78, 5) is 29.6. The summed E-state index contributed by atoms with van der Waals surface area (Å²) in [6.45, 7) is 4.75. The summed E-state index contributed by atoms with van der Waals surface area (Å²) >= 11 is 6.56. The molecule has 12 heteroatoms. The van der Waals surface area contributed by atoms with Crippen molar-refractivity contribution in [2.24, 2.45) is 28.0 Å². The van der Waals surface area contributed by atoms with E-state index >= 15 is 0 Å². The molecular weight excluding hydrogens is 702 g/mol. The fraction of sp³-hybridized carbons (Fsp3) is 0.600. The minimum atomic E-state index is -3.49. The quantitative estimate of drug-likeness (QED) is 0.300. The monoisotopic (exact) mass is 751 g/mol. The molecular formula is C40H50ClN3O7S. The van der Waals surface area contributed by atoms with Gasteiger partial charge in [0.05, 0.1) is 36.5 Å². The van der Waals surface area contributed by atoms with E-state index in [1.54, 1.807) is 13.2 Å². The van der Waals surface area contributed by atoms with Crippen LogP contribution in [0.4, 0.5) is 0 Å². The number of hydrogen-bond acceptors (Lipinski definition) is 8. The lowest BCUT2D eigenvalue weighted by molar-refractivity contribution is -0.128. The predicted molar refractivity (Wildman–Crippen MR) is 199 cm³/mol. The second-order valence-corrected chi connectivity index (χ2v) is 17.5. The molecule has 0 radical (unpaired) electrons. The molecule has 0 spiro atoms. The molecule has 2 amide bonds. The van der Waals surface area contributed by atoms with Gasteiger partial charge < -0.3 is 18.9 Å². The van der Waals surface area contributed by atoms with Crippen molar-refractivity contribution in [1.29, 1.82) is 0 Å². The predicted octanol–water partition coefficient (Wildman–Crippen LogP) is 5.72. The Kier molecular flexibility index (Phi) is 11.9. The van der Waals surface area contributed by atoms with Gasteiger partial charge in [-0.2, -0.15) is 0 Å². The van der Waals surface area contributed by atoms with Gasteiger partial charge in [0.15, 0.2) is 0 Å². The topological polar surface area (TPSA) is 116 Å². The van der Waals surface area contributed by atoms with Crippen LogP contribution >= 0.6 is 11.6 Å². The Labute approximate surface area is 313 Å². The van der Waals surface area contributed by atoms with Gasteiger partial charge in [-0.15, -0.1) is 4.36 Å². The molecule has 6 aliphatic rings. The number of rotatable bonds is 5. The number of benzene rings is 1. The van der Waals surface area contributed by atoms with E-state index in [-0.39, 0.29) is 48.4 Å². The molecule has 2 fully saturated rings. The van der Waals surface area contributed by atoms with Crippen LogP contribution in [0.25, 0.3) is 0 Å². The highest BCUT2D eigenvalue weighted by Crippen LogP contribution is 2.42. The van der Waals surface area contributed by atoms with Crippen LogP contribution in [0.15, 0.2) is 58.2 Å². The maximum absolute atomic E-state index is 14.5. The van der Waals surface area contributed by atoms with Crippen molar-refractivity contribution in [3.05, 3.63) is 70.0 Å². The van der Waals surface area contributed by atoms with Crippen LogP contribution in [0.2, 0.25) is 5.02 Å². The smallest absolute Gasteiger partial charge is 0.282 e. The highest BCUT2D eigenvalue weighted by atomic mass is 35.5. The maximum atomic E-state index is 14.5. The third-order valence-electron chi connectivity index (χ3n) is 11.4. The normalized spacial score (nSPS) is 34.6. The number of methoxy groups -OCH3 is 1. The van der Waals surface area contributed by atoms with Gasteiger partial charge in [-0.25, -0.2) is 4.21 Å². The van der Waals surface area contributed by atoms with E-state index in [1.165, 1.54) is 0 Å². The van der Waals surface area contributed by atoms with Gasteiger partial charge >= 0.3 is 0 Å². The first-order valence-corrected chi connectivity index (χ1v) is 20.8. The van der Waals surface area contributed by atoms with E-state index in [9.17, 15) is 13.8 Å². The average molecular weight is 752 g/mol. The highest BCUT2D eigenvalue weighted by Gasteiger charge is 2.41. The molecule has 8 atom stereocenters. The summed E-state index contributed by atoms with van der Waals surface area (Å²) in [6.07, 6.45) is 12.9. The van der Waals surface area contributed by atoms with E-state index in [4.69, 9.17) is 30.5 Å². The second kappa shape index (κ2) is 16.6. The van der Waals surface area contributed by atoms with Crippen LogP contribution in [-0.4, -0.2) is 85.0 Å². The summed E-state index contributed by atoms with van der Waals surface area (Å²) in [5, 5.41) is 0.690. The number of halogens is 1. The molecule has 1 saturated carbocycles. The van der Waals surface area contributed by atoms with E-state index in [0.717, 1.165) is 42.7 Å². The molecule has 2 unspecified atom stereocenters. The molecule has 1 aromatic rings. The Hall–Kier alpha value is -2.98. The molecule has 1 saturated heterocycles. The molecule has 10 nitrogen and oxygen atoms in total. The van der Waals surface area contributed by atoms with E-state index in [1.807, 2.05) is 19.1 Å². The van der Waals surface area contributed by atoms with Crippen molar-refractivity contribution >= 4 is 33.3 Å². The van der Waals surface area contributed by atoms with Crippen molar-refractivity contribution in [2.45, 2.75) is 82.6 Å². The summed E-state index contributed by atoms with van der Waals surface area (Å²) < 4.78 is 45.2. The van der Waals surface area contributed by atoms with Gasteiger partial charge in [-0.1, -0.05) is 48.6 Å². The first kappa shape index (κ1) is 37.3. The Balaban J connectivity index is 1.23. The molecule has 3 aliphatic heterocycles. The Bertz CT molecular complexity index is 1800. The lowest BCUT2D eigenvalue weighted by Gasteiger charge is -2.45. The van der Waals surface area contributed by atoms with Gasteiger partial charge in [-0.05, 0) is 91.7 Å². The number of ether oxygens (including phenoxy) is 4. The number of carbonyl (C=O) groups is 2. The minimum Gasteiger partial charge on any atom is -0.496 e. The average Bonchev–Trinajstić information content (AvgIpc) is 3.11. The number of nitrogens with one attached hydrogen (secondary N) is 1. The molecule has 52 heavy (non-hydrogen) atoms. The summed E-state index contributed by atoms with van der Waals surface area (Å²) in [6, 6.07) is 5.85. The lowest BCUT2D eigenvalue weighted by atomic mass is 9.69. The van der Waals surface area contributed by atoms with Crippen molar-refractivity contribution in [3.8, 4) is 11.8 Å². The van der Waals surface area contributed by atoms with E-state index in [0.29, 0.717) is 74.5 Å². The summed E-state index contributed by atoms with van der Waals surface area (Å²) in [5.41, 5.74) is 2.75. The standard InChI is InChI=1S/C40H50ClN3O7S/c1-26-4-3-5-37(48-2)34-12-8-29(34)22-44-23-30-6-10-31(41)21-35(30)33-11-7-27(33)14-19-50-38-13-9-28(20-36(38)44)40(46)43-52(47,25-26)42-39(45)24-51-32-15-17-49-18-16-32/h3,5-6,9-10,13,21,26-27,29,32-34,36-37H,4,8,12,14-20,22-25H2,1-2H3,(H,42,43,45,46,47)/b5-3+/t26-,27-,29-,33-,34+,36?,37-,52?/m0/s1. The second-order valence-electron chi connectivity index (χ2n) is 15.1. The van der Waals surface area contributed by atoms with Crippen LogP contribution in [0.1, 0.15) is 68.9 Å². The van der Waals surface area contributed by atoms with Crippen LogP contribution in [0.5, 0.6) is 0 Å². The fourth-order valence-corrected chi connectivity index (χ4v) is 10.4. The molecule has 3 aliphatic carbocycles. The Morgan fingerprint density at radius 3 is 2.73 bits per heavy atom. The molecule has 7 rings (SSSR count). The number of hydrogen-bond donors (Lipinski definition) is 1. The molecule has 280 valence electrons. The molecule has 1 N–H and O–H groups in total. The lowest BCUT2D eigenvalue weighted by Crippen LogP contribution is -2.47. The van der Waals surface area contributed by atoms with E-state index < -0.39 is 21.7 Å². The molecule has 1 aromatic carbocycles. The molecule has 2 bridgehead atoms. The first-order chi connectivity index (χ1) is 25.2. The largest absolute Gasteiger partial charge is 0.496 e. The van der Waals surface area contributed by atoms with Crippen molar-refractivity contribution in [1.82, 2.24) is 9.62 Å². The van der Waals surface area contributed by atoms with E-state index in [2.05, 4.69) is 50.1 Å². The fourth-order valence-electron chi connectivity index (χ4n) is 8.31. The minimum absolute atomic E-state index is 0.0204. The third kappa shape index (κ3) is 8.69. The van der Waals surface area contributed by atoms with Crippen LogP contribution in [0.3, 0.4) is 0 Å². The van der Waals surface area contributed by atoms with Crippen molar-refractivity contribution in [3.63, 3.8) is 0 Å². The summed E-state index contributed by atoms with van der Waals surface area (Å²) in [7, 11) is -1.73. The zero-order chi connectivity index (χ0) is 36.2. The molecule has 0 aromatic heterocycles. The number of nitrogens with zero attached hydrogens (tertiary/aromatic N) is 2. The van der Waals surface area contributed by atoms with Crippen molar-refractivity contribution in [2.75, 3.05) is 45.8 Å². The van der Waals surface area contributed by atoms with Crippen LogP contribution < -0.4 is 4.72 Å². The van der Waals surface area contributed by atoms with Gasteiger partial charge in [0, 0.05) is 56.3 Å². The highest BCUT2D eigenvalue weighted by molar-refractivity contribution is 7.92. The number of carbonyl (C=O) groups excluding carboxylic acids is 2. The number of allylic oxidation sites excluding steroid dienone is 3. The SMILES string of the molecule is CO[C@H]1/C=C/C[C@H](C)CS(=O)(NC(=O)COC2CCOCC2)=NC(=O)C2=CC=C3OCC[C@@H]4C#C[C@@H]4c4cc(Cl)ccc4CN(C[C@@H]4CC[C@H]41)C3C2. The van der Waals surface area contributed by atoms with Gasteiger partial charge in [0.25, 0.3) is 11.8 Å². The van der Waals surface area contributed by atoms with Gasteiger partial charge in [0.1, 0.15) is 22.3 Å². The zero-order valence-electron chi connectivity index (χ0n) is 30.1. The van der Waals surface area contributed by atoms with Crippen molar-refractivity contribution < 1.29 is 32.7 Å². The number of fused-ring (bicyclic) bond motifs is 5. The summed E-state index contributed by atoms with van der Waals surface area (Å²) in [5.74, 6) is 7.27. The first-order valence-electron chi connectivity index (χ1n) is 18.7. The maximum Gasteiger partial charge on any atom is 0.282 e. The third-order valence-corrected chi connectivity index (χ3v) is 13.6. The van der Waals surface area contributed by atoms with Crippen LogP contribution in [-0.2, 0) is 45.0 Å². The van der Waals surface area contributed by atoms with Gasteiger partial charge in [0.2, 0.25) is 0 Å². The van der Waals surface area contributed by atoms with Gasteiger partial charge in [-0.3, -0.25) is 19.2 Å². The Morgan fingerprint density at radius 1 is 1.13 bits per heavy atom. The van der Waals surface area contributed by atoms with Crippen LogP contribution in [0, 0.1) is 35.5 Å². The number of amides is 2.